The molecule has 1 aliphatic rings. The first-order valence-corrected chi connectivity index (χ1v) is 6.41. The molecule has 0 radical (unpaired) electrons. The van der Waals surface area contributed by atoms with Crippen molar-refractivity contribution in [1.29, 1.82) is 0 Å². The number of carbonyl (C=O) groups is 2. The zero-order valence-electron chi connectivity index (χ0n) is 11.2. The molecule has 0 aromatic rings. The number of methoxy groups -OCH3 is 1. The van der Waals surface area contributed by atoms with Crippen molar-refractivity contribution in [2.24, 2.45) is 5.73 Å². The minimum absolute atomic E-state index is 0.0948. The average Bonchev–Trinajstić information content (AvgIpc) is 2.63. The molecule has 0 spiro atoms. The van der Waals surface area contributed by atoms with Gasteiger partial charge in [-0.2, -0.15) is 0 Å². The topological polar surface area (TPSA) is 75.9 Å². The lowest BCUT2D eigenvalue weighted by Gasteiger charge is -2.24. The third kappa shape index (κ3) is 3.96. The van der Waals surface area contributed by atoms with Crippen LogP contribution in [0.3, 0.4) is 0 Å². The molecular formula is C12H23N3O3. The molecule has 6 nitrogen and oxygen atoms in total. The van der Waals surface area contributed by atoms with Crippen LogP contribution in [0.5, 0.6) is 0 Å². The van der Waals surface area contributed by atoms with Crippen molar-refractivity contribution < 1.29 is 14.3 Å². The van der Waals surface area contributed by atoms with Crippen LogP contribution in [-0.2, 0) is 14.3 Å². The van der Waals surface area contributed by atoms with Gasteiger partial charge in [0, 0.05) is 39.7 Å². The summed E-state index contributed by atoms with van der Waals surface area (Å²) in [6, 6.07) is -0.608. The van der Waals surface area contributed by atoms with Crippen LogP contribution in [0.15, 0.2) is 0 Å². The third-order valence-electron chi connectivity index (χ3n) is 3.13. The van der Waals surface area contributed by atoms with Gasteiger partial charge in [0.2, 0.25) is 11.8 Å². The Kier molecular flexibility index (Phi) is 6.07. The number of amides is 2. The lowest BCUT2D eigenvalue weighted by atomic mass is 10.2. The Balaban J connectivity index is 2.51. The van der Waals surface area contributed by atoms with Crippen molar-refractivity contribution in [3.63, 3.8) is 0 Å². The molecule has 0 saturated carbocycles. The van der Waals surface area contributed by atoms with Gasteiger partial charge in [0.05, 0.1) is 6.61 Å². The Morgan fingerprint density at radius 3 is 2.44 bits per heavy atom. The van der Waals surface area contributed by atoms with Crippen molar-refractivity contribution >= 4 is 11.8 Å². The first-order valence-electron chi connectivity index (χ1n) is 6.41. The predicted octanol–water partition coefficient (Wildman–Crippen LogP) is -0.569. The minimum atomic E-state index is -0.608. The fourth-order valence-corrected chi connectivity index (χ4v) is 2.10. The zero-order chi connectivity index (χ0) is 13.5. The van der Waals surface area contributed by atoms with E-state index in [0.29, 0.717) is 26.1 Å². The molecule has 18 heavy (non-hydrogen) atoms. The molecule has 0 aliphatic carbocycles. The molecular weight excluding hydrogens is 234 g/mol. The van der Waals surface area contributed by atoms with E-state index in [9.17, 15) is 9.59 Å². The van der Waals surface area contributed by atoms with E-state index in [1.165, 1.54) is 7.11 Å². The van der Waals surface area contributed by atoms with Gasteiger partial charge < -0.3 is 20.3 Å². The number of nitrogens with two attached hydrogens (primary N) is 1. The number of hydrogen-bond acceptors (Lipinski definition) is 4. The van der Waals surface area contributed by atoms with E-state index in [-0.39, 0.29) is 18.4 Å². The van der Waals surface area contributed by atoms with E-state index in [2.05, 4.69) is 0 Å². The van der Waals surface area contributed by atoms with E-state index in [0.717, 1.165) is 13.0 Å². The molecule has 0 aromatic heterocycles. The van der Waals surface area contributed by atoms with Crippen molar-refractivity contribution in [3.05, 3.63) is 0 Å². The van der Waals surface area contributed by atoms with Gasteiger partial charge in [-0.15, -0.1) is 0 Å². The maximum atomic E-state index is 12.0. The molecule has 1 aliphatic heterocycles. The minimum Gasteiger partial charge on any atom is -0.383 e. The predicted molar refractivity (Wildman–Crippen MR) is 67.9 cm³/mol. The Bertz CT molecular complexity index is 296. The monoisotopic (exact) mass is 257 g/mol. The van der Waals surface area contributed by atoms with E-state index in [1.54, 1.807) is 4.90 Å². The van der Waals surface area contributed by atoms with Gasteiger partial charge >= 0.3 is 0 Å². The molecule has 1 fully saturated rings. The highest BCUT2D eigenvalue weighted by Gasteiger charge is 2.24. The summed E-state index contributed by atoms with van der Waals surface area (Å²) in [6.07, 6.45) is 1.31. The summed E-state index contributed by atoms with van der Waals surface area (Å²) in [5.74, 6) is 0.0492. The Morgan fingerprint density at radius 1 is 1.22 bits per heavy atom. The number of nitrogens with zero attached hydrogens (tertiary/aromatic N) is 2. The third-order valence-corrected chi connectivity index (χ3v) is 3.13. The van der Waals surface area contributed by atoms with Crippen molar-refractivity contribution in [3.8, 4) is 0 Å². The average molecular weight is 257 g/mol. The first kappa shape index (κ1) is 14.9. The van der Waals surface area contributed by atoms with Crippen molar-refractivity contribution in [2.75, 3.05) is 39.9 Å². The van der Waals surface area contributed by atoms with Gasteiger partial charge in [0.15, 0.2) is 0 Å². The van der Waals surface area contributed by atoms with Gasteiger partial charge in [-0.1, -0.05) is 6.92 Å². The Morgan fingerprint density at radius 2 is 1.83 bits per heavy atom. The van der Waals surface area contributed by atoms with E-state index >= 15 is 0 Å². The van der Waals surface area contributed by atoms with Gasteiger partial charge in [-0.25, -0.2) is 0 Å². The van der Waals surface area contributed by atoms with Crippen LogP contribution in [0.2, 0.25) is 0 Å². The molecule has 2 amide bonds. The molecule has 1 heterocycles. The standard InChI is InChI=1S/C12H23N3O3/c1-3-11(16)14-5-4-6-15(8-7-14)12(17)10(13)9-18-2/h10H,3-9,13H2,1-2H3. The molecule has 2 N–H and O–H groups in total. The van der Waals surface area contributed by atoms with E-state index in [4.69, 9.17) is 10.5 Å². The summed E-state index contributed by atoms with van der Waals surface area (Å²) in [6.45, 7) is 4.61. The van der Waals surface area contributed by atoms with Crippen LogP contribution < -0.4 is 5.73 Å². The molecule has 104 valence electrons. The molecule has 1 rings (SSSR count). The lowest BCUT2D eigenvalue weighted by Crippen LogP contribution is -2.47. The molecule has 0 bridgehead atoms. The Labute approximate surface area is 108 Å². The van der Waals surface area contributed by atoms with Crippen LogP contribution in [-0.4, -0.2) is 67.6 Å². The normalized spacial score (nSPS) is 18.4. The largest absolute Gasteiger partial charge is 0.383 e. The Hall–Kier alpha value is -1.14. The van der Waals surface area contributed by atoms with Crippen LogP contribution in [0.1, 0.15) is 19.8 Å². The summed E-state index contributed by atoms with van der Waals surface area (Å²) >= 11 is 0. The maximum Gasteiger partial charge on any atom is 0.241 e. The first-order chi connectivity index (χ1) is 8.60. The molecule has 6 heteroatoms. The molecule has 1 saturated heterocycles. The van der Waals surface area contributed by atoms with Gasteiger partial charge in [-0.3, -0.25) is 9.59 Å². The van der Waals surface area contributed by atoms with Gasteiger partial charge in [0.1, 0.15) is 6.04 Å². The summed E-state index contributed by atoms with van der Waals surface area (Å²) in [5, 5.41) is 0. The van der Waals surface area contributed by atoms with Crippen LogP contribution >= 0.6 is 0 Å². The summed E-state index contributed by atoms with van der Waals surface area (Å²) in [5.41, 5.74) is 5.73. The van der Waals surface area contributed by atoms with Crippen molar-refractivity contribution in [1.82, 2.24) is 9.80 Å². The highest BCUT2D eigenvalue weighted by molar-refractivity contribution is 5.82. The van der Waals surface area contributed by atoms with Crippen LogP contribution in [0, 0.1) is 0 Å². The number of hydrogen-bond donors (Lipinski definition) is 1. The van der Waals surface area contributed by atoms with Crippen LogP contribution in [0.4, 0.5) is 0 Å². The smallest absolute Gasteiger partial charge is 0.241 e. The van der Waals surface area contributed by atoms with E-state index < -0.39 is 6.04 Å². The second kappa shape index (κ2) is 7.33. The molecule has 1 atom stereocenters. The highest BCUT2D eigenvalue weighted by Crippen LogP contribution is 2.06. The zero-order valence-corrected chi connectivity index (χ0v) is 11.2. The second-order valence-corrected chi connectivity index (χ2v) is 4.48. The number of rotatable bonds is 4. The second-order valence-electron chi connectivity index (χ2n) is 4.48. The SMILES string of the molecule is CCC(=O)N1CCCN(C(=O)C(N)COC)CC1. The fraction of sp³-hybridized carbons (Fsp3) is 0.833. The van der Waals surface area contributed by atoms with Crippen LogP contribution in [0.25, 0.3) is 0 Å². The number of ether oxygens (including phenoxy) is 1. The van der Waals surface area contributed by atoms with Crippen molar-refractivity contribution in [2.45, 2.75) is 25.8 Å². The molecule has 1 unspecified atom stereocenters. The summed E-state index contributed by atoms with van der Waals surface area (Å²) in [7, 11) is 1.53. The quantitative estimate of drug-likeness (QED) is 0.732. The highest BCUT2D eigenvalue weighted by atomic mass is 16.5. The lowest BCUT2D eigenvalue weighted by molar-refractivity contribution is -0.135. The number of carbonyl (C=O) groups excluding carboxylic acids is 2. The van der Waals surface area contributed by atoms with E-state index in [1.807, 2.05) is 11.8 Å². The fourth-order valence-electron chi connectivity index (χ4n) is 2.10. The van der Waals surface area contributed by atoms with Gasteiger partial charge in [-0.05, 0) is 6.42 Å². The summed E-state index contributed by atoms with van der Waals surface area (Å²) < 4.78 is 4.89. The van der Waals surface area contributed by atoms with Gasteiger partial charge in [0.25, 0.3) is 0 Å². The maximum absolute atomic E-state index is 12.0. The molecule has 0 aromatic carbocycles. The summed E-state index contributed by atoms with van der Waals surface area (Å²) in [4.78, 5) is 27.2.